The number of nitrogens with two attached hydrogens (primary N) is 2. The maximum atomic E-state index is 12.8. The number of amides is 1. The number of nitro groups is 2. The third-order valence-corrected chi connectivity index (χ3v) is 18.7. The third-order valence-electron chi connectivity index (χ3n) is 18.7. The number of unbranched alkanes of at least 4 members (excludes halogenated alkanes) is 6. The summed E-state index contributed by atoms with van der Waals surface area (Å²) in [6.07, 6.45) is 30.0. The number of aliphatic imine (C=N–C) groups is 1. The molecule has 0 spiro atoms. The van der Waals surface area contributed by atoms with Crippen LogP contribution in [0.25, 0.3) is 39.1 Å². The number of aromatic nitrogens is 15. The van der Waals surface area contributed by atoms with E-state index in [0.29, 0.717) is 78.3 Å². The lowest BCUT2D eigenvalue weighted by Gasteiger charge is -2.27. The van der Waals surface area contributed by atoms with E-state index in [4.69, 9.17) is 11.5 Å². The molecule has 0 atom stereocenters. The van der Waals surface area contributed by atoms with E-state index in [9.17, 15) is 48.6 Å². The Kier molecular flexibility index (Phi) is 32.8. The number of carbonyl (C=O) groups excluding carboxylic acids is 2. The summed E-state index contributed by atoms with van der Waals surface area (Å²) in [6.45, 7) is 21.8. The molecule has 0 aromatic carbocycles. The number of ketones is 1. The molecule has 11 aromatic heterocycles. The number of halogens is 1. The maximum Gasteiger partial charge on any atom is 0.399 e. The SMILES string of the molecule is CCCCN1C(=O)C(=O)Cc2ncccc21.CCCCNc1cccnc1N.CCCCNc1cccnc1[N+](=O)[O-].CCCCn1c(=O)c(CN)nc2ncccc21.CCCCn1c(=O)c(CN=CC2(C)CC2)nc2ncccc21.CCCCn1c(=O)c2nnc(C3(C)CC3)n2c2ncccc21.O=[N+]([O-])c1ncccc1F. The van der Waals surface area contributed by atoms with Crippen LogP contribution in [0.3, 0.4) is 0 Å². The Bertz CT molecular complexity index is 5240. The van der Waals surface area contributed by atoms with Crippen molar-refractivity contribution in [3.63, 3.8) is 0 Å². The van der Waals surface area contributed by atoms with Crippen molar-refractivity contribution in [3.05, 3.63) is 208 Å². The summed E-state index contributed by atoms with van der Waals surface area (Å²) >= 11 is 0. The van der Waals surface area contributed by atoms with Crippen molar-refractivity contribution in [2.24, 2.45) is 16.1 Å². The molecule has 3 aliphatic rings. The molecule has 14 rings (SSSR count). The van der Waals surface area contributed by atoms with Crippen LogP contribution in [0.5, 0.6) is 0 Å². The van der Waals surface area contributed by atoms with E-state index < -0.39 is 27.4 Å². The van der Waals surface area contributed by atoms with Gasteiger partial charge < -0.3 is 60.9 Å². The standard InChI is InChI=1S/C17H22N4O.C16H19N5O.C12H16N4O.C12H14N2O2.C9H13N3O2.C9H15N3.C5H3FN2O2/c1-3-4-10-21-14-6-5-9-19-15(14)20-13(16(21)22)11-18-12-17(2)7-8-17;1-3-4-10-20-11-6-5-9-17-12(11)21-13(14(20)22)18-19-15(21)16(2)7-8-16;1-2-3-7-16-10-5-4-6-14-11(10)15-9(8-13)12(16)17;1-2-3-7-14-10-5-4-6-13-9(10)8-11(15)12(14)16;1-2-3-6-10-8-5-4-7-11-9(8)12(13)14;1-2-3-6-11-8-5-4-7-12-9(8)10;6-4-2-1-3-7-5(4)8(9)10/h5-6,9,12H,3-4,7-8,10-11H2,1-2H3;5-6,9H,3-4,7-8,10H2,1-2H3;4-6H,2-3,7-8,13H2,1H3;4-6H,2-3,7-8H2,1H3;4-5,7,10H,2-3,6H2,1H3;4-5,7,11H,2-3,6H2,1H3,(H2,10,12);1-3H. The quantitative estimate of drug-likeness (QED) is 0.0122. The molecule has 113 heavy (non-hydrogen) atoms. The van der Waals surface area contributed by atoms with Crippen LogP contribution in [-0.4, -0.2) is 121 Å². The molecule has 598 valence electrons. The van der Waals surface area contributed by atoms with Crippen LogP contribution in [-0.2, 0) is 54.1 Å². The summed E-state index contributed by atoms with van der Waals surface area (Å²) in [5, 5.41) is 35.2. The first-order chi connectivity index (χ1) is 54.6. The predicted octanol–water partition coefficient (Wildman–Crippen LogP) is 12.8. The minimum Gasteiger partial charge on any atom is -0.382 e. The van der Waals surface area contributed by atoms with Crippen LogP contribution in [0.2, 0.25) is 0 Å². The Balaban J connectivity index is 0.000000168. The van der Waals surface area contributed by atoms with E-state index in [0.717, 1.165) is 142 Å². The number of pyridine rings is 7. The fourth-order valence-corrected chi connectivity index (χ4v) is 11.6. The lowest BCUT2D eigenvalue weighted by atomic mass is 10.1. The molecule has 1 aliphatic heterocycles. The van der Waals surface area contributed by atoms with E-state index in [1.54, 1.807) is 67.8 Å². The monoisotopic (exact) mass is 1550 g/mol. The van der Waals surface area contributed by atoms with Gasteiger partial charge in [-0.1, -0.05) is 93.9 Å². The molecule has 2 aliphatic carbocycles. The van der Waals surface area contributed by atoms with Crippen molar-refractivity contribution in [1.82, 2.24) is 73.2 Å². The van der Waals surface area contributed by atoms with E-state index >= 15 is 0 Å². The highest BCUT2D eigenvalue weighted by Gasteiger charge is 2.44. The fraction of sp³-hybridized carbons (Fsp3) is 0.438. The number of carbonyl (C=O) groups is 2. The number of Topliss-reactive ketones (excluding diaryl/α,β-unsaturated/α-hetero) is 1. The van der Waals surface area contributed by atoms with Gasteiger partial charge in [-0.05, 0) is 169 Å². The minimum absolute atomic E-state index is 0.0336. The molecule has 12 heterocycles. The van der Waals surface area contributed by atoms with Crippen LogP contribution >= 0.6 is 0 Å². The molecule has 0 unspecified atom stereocenters. The van der Waals surface area contributed by atoms with Crippen LogP contribution in [0, 0.1) is 31.5 Å². The Labute approximate surface area is 653 Å². The van der Waals surface area contributed by atoms with Gasteiger partial charge in [-0.3, -0.25) is 38.3 Å². The molecule has 33 heteroatoms. The maximum absolute atomic E-state index is 12.8. The van der Waals surface area contributed by atoms with Crippen LogP contribution in [0.15, 0.2) is 148 Å². The first-order valence-electron chi connectivity index (χ1n) is 38.6. The van der Waals surface area contributed by atoms with Gasteiger partial charge in [0.25, 0.3) is 22.6 Å². The Morgan fingerprint density at radius 3 is 1.56 bits per heavy atom. The van der Waals surface area contributed by atoms with E-state index in [1.807, 2.05) is 65.2 Å². The summed E-state index contributed by atoms with van der Waals surface area (Å²) in [5.41, 5.74) is 19.9. The number of hydrogen-bond acceptors (Lipinski definition) is 25. The van der Waals surface area contributed by atoms with E-state index in [1.165, 1.54) is 37.7 Å². The highest BCUT2D eigenvalue weighted by molar-refractivity contribution is 6.43. The van der Waals surface area contributed by atoms with Gasteiger partial charge >= 0.3 is 11.6 Å². The highest BCUT2D eigenvalue weighted by Crippen LogP contribution is 2.47. The van der Waals surface area contributed by atoms with Gasteiger partial charge in [0, 0.05) is 93.8 Å². The first-order valence-corrected chi connectivity index (χ1v) is 38.6. The predicted molar refractivity (Wildman–Crippen MR) is 436 cm³/mol. The van der Waals surface area contributed by atoms with Crippen molar-refractivity contribution in [1.29, 1.82) is 0 Å². The minimum atomic E-state index is -0.910. The zero-order valence-electron chi connectivity index (χ0n) is 65.6. The largest absolute Gasteiger partial charge is 0.399 e. The van der Waals surface area contributed by atoms with Crippen molar-refractivity contribution in [2.75, 3.05) is 40.9 Å². The lowest BCUT2D eigenvalue weighted by Crippen LogP contribution is -2.42. The summed E-state index contributed by atoms with van der Waals surface area (Å²) in [7, 11) is 0. The van der Waals surface area contributed by atoms with Gasteiger partial charge in [-0.15, -0.1) is 10.2 Å². The molecule has 0 radical (unpaired) electrons. The van der Waals surface area contributed by atoms with E-state index in [2.05, 4.69) is 126 Å². The van der Waals surface area contributed by atoms with Gasteiger partial charge in [-0.25, -0.2) is 29.9 Å². The number of rotatable bonds is 27. The number of nitrogens with zero attached hydrogens (tertiary/aromatic N) is 19. The molecule has 0 saturated heterocycles. The molecule has 1 amide bonds. The Morgan fingerprint density at radius 1 is 0.540 bits per heavy atom. The van der Waals surface area contributed by atoms with Gasteiger partial charge in [-0.2, -0.15) is 4.39 Å². The topological polar surface area (TPSA) is 424 Å². The summed E-state index contributed by atoms with van der Waals surface area (Å²) in [4.78, 5) is 123. The van der Waals surface area contributed by atoms with Crippen molar-refractivity contribution < 1.29 is 23.8 Å². The van der Waals surface area contributed by atoms with Crippen LogP contribution in [0.4, 0.5) is 38.9 Å². The van der Waals surface area contributed by atoms with Crippen molar-refractivity contribution >= 4 is 91.6 Å². The summed E-state index contributed by atoms with van der Waals surface area (Å²) in [5.74, 6) is -1.06. The molecular weight excluding hydrogens is 1450 g/mol. The van der Waals surface area contributed by atoms with E-state index in [-0.39, 0.29) is 52.1 Å². The highest BCUT2D eigenvalue weighted by atomic mass is 19.1. The zero-order valence-corrected chi connectivity index (χ0v) is 65.6. The third kappa shape index (κ3) is 23.7. The number of nitrogens with one attached hydrogen (secondary N) is 2. The van der Waals surface area contributed by atoms with Crippen LogP contribution in [0.1, 0.15) is 181 Å². The number of nitrogen functional groups attached to an aromatic ring is 1. The average Bonchev–Trinajstić information content (AvgIpc) is 1.57. The van der Waals surface area contributed by atoms with Crippen molar-refractivity contribution in [3.8, 4) is 0 Å². The van der Waals surface area contributed by atoms with Gasteiger partial charge in [0.05, 0.1) is 46.6 Å². The van der Waals surface area contributed by atoms with Crippen molar-refractivity contribution in [2.45, 2.75) is 203 Å². The second kappa shape index (κ2) is 42.9. The van der Waals surface area contributed by atoms with Crippen LogP contribution < -0.4 is 43.7 Å². The molecule has 2 saturated carbocycles. The Morgan fingerprint density at radius 2 is 1.02 bits per heavy atom. The average molecular weight is 1550 g/mol. The van der Waals surface area contributed by atoms with Gasteiger partial charge in [0.15, 0.2) is 16.9 Å². The normalized spacial score (nSPS) is 13.3. The molecule has 11 aromatic rings. The zero-order chi connectivity index (χ0) is 81.5. The molecule has 0 bridgehead atoms. The van der Waals surface area contributed by atoms with Gasteiger partial charge in [0.1, 0.15) is 41.1 Å². The molecular formula is C80H102FN23O9. The second-order valence-electron chi connectivity index (χ2n) is 27.7. The smallest absolute Gasteiger partial charge is 0.382 e. The second-order valence-corrected chi connectivity index (χ2v) is 27.7. The van der Waals surface area contributed by atoms with Gasteiger partial charge in [0.2, 0.25) is 17.2 Å². The number of aryl methyl sites for hydroxylation is 3. The number of anilines is 4. The summed E-state index contributed by atoms with van der Waals surface area (Å²) in [6, 6.07) is 24.4. The molecule has 32 nitrogen and oxygen atoms in total. The summed E-state index contributed by atoms with van der Waals surface area (Å²) < 4.78 is 19.5. The number of fused-ring (bicyclic) bond motifs is 6. The number of hydrogen-bond donors (Lipinski definition) is 4. The fourth-order valence-electron chi connectivity index (χ4n) is 11.6. The lowest BCUT2D eigenvalue weighted by molar-refractivity contribution is -0.392. The molecule has 2 fully saturated rings. The first kappa shape index (κ1) is 86.4. The molecule has 6 N–H and O–H groups in total. The Hall–Kier alpha value is -12.2.